The van der Waals surface area contributed by atoms with Crippen LogP contribution >= 0.6 is 27.5 Å². The van der Waals surface area contributed by atoms with Gasteiger partial charge in [-0.15, -0.1) is 0 Å². The average molecular weight is 612 g/mol. The lowest BCUT2D eigenvalue weighted by molar-refractivity contribution is -0.116. The number of halogens is 2. The molecule has 0 spiro atoms. The molecule has 0 saturated heterocycles. The second-order valence-corrected chi connectivity index (χ2v) is 11.9. The number of sulfonamides is 1. The first-order chi connectivity index (χ1) is 18.1. The van der Waals surface area contributed by atoms with Gasteiger partial charge in [0.1, 0.15) is 0 Å². The van der Waals surface area contributed by atoms with Gasteiger partial charge in [0, 0.05) is 27.2 Å². The molecule has 4 aromatic carbocycles. The first-order valence-electron chi connectivity index (χ1n) is 11.6. The highest BCUT2D eigenvalue weighted by Crippen LogP contribution is 2.25. The summed E-state index contributed by atoms with van der Waals surface area (Å²) in [7, 11) is -4.02. The predicted octanol–water partition coefficient (Wildman–Crippen LogP) is 6.47. The number of benzene rings is 4. The van der Waals surface area contributed by atoms with E-state index in [1.165, 1.54) is 24.3 Å². The maximum Gasteiger partial charge on any atom is 0.243 e. The number of carbonyl (C=O) groups is 2. The van der Waals surface area contributed by atoms with Gasteiger partial charge >= 0.3 is 0 Å². The number of ketones is 1. The van der Waals surface area contributed by atoms with E-state index in [0.717, 1.165) is 14.3 Å². The summed E-state index contributed by atoms with van der Waals surface area (Å²) < 4.78 is 29.1. The molecule has 0 atom stereocenters. The Bertz CT molecular complexity index is 1560. The van der Waals surface area contributed by atoms with Crippen LogP contribution in [0.5, 0.6) is 0 Å². The van der Waals surface area contributed by atoms with E-state index in [0.29, 0.717) is 16.1 Å². The van der Waals surface area contributed by atoms with Crippen molar-refractivity contribution in [1.29, 1.82) is 0 Å². The van der Waals surface area contributed by atoms with Gasteiger partial charge in [-0.05, 0) is 55.0 Å². The summed E-state index contributed by atoms with van der Waals surface area (Å²) in [5.74, 6) is -0.912. The molecule has 0 saturated carbocycles. The Balaban J connectivity index is 1.63. The van der Waals surface area contributed by atoms with E-state index in [4.69, 9.17) is 11.6 Å². The third-order valence-corrected chi connectivity index (χ3v) is 8.36. The molecule has 0 heterocycles. The Morgan fingerprint density at radius 2 is 1.55 bits per heavy atom. The van der Waals surface area contributed by atoms with Gasteiger partial charge in [-0.1, -0.05) is 87.7 Å². The lowest BCUT2D eigenvalue weighted by atomic mass is 10.0. The Morgan fingerprint density at radius 3 is 2.21 bits per heavy atom. The summed E-state index contributed by atoms with van der Waals surface area (Å²) in [5, 5.41) is 3.05. The Kier molecular flexibility index (Phi) is 8.79. The summed E-state index contributed by atoms with van der Waals surface area (Å²) in [6, 6.07) is 26.8. The zero-order chi connectivity index (χ0) is 27.3. The van der Waals surface area contributed by atoms with Crippen LogP contribution in [0.15, 0.2) is 106 Å². The molecule has 1 amide bonds. The Labute approximate surface area is 235 Å². The van der Waals surface area contributed by atoms with E-state index in [1.54, 1.807) is 72.8 Å². The molecule has 0 radical (unpaired) electrons. The molecule has 38 heavy (non-hydrogen) atoms. The summed E-state index contributed by atoms with van der Waals surface area (Å²) >= 11 is 9.53. The molecule has 0 bridgehead atoms. The van der Waals surface area contributed by atoms with Gasteiger partial charge < -0.3 is 5.32 Å². The quantitative estimate of drug-likeness (QED) is 0.220. The van der Waals surface area contributed by atoms with Crippen molar-refractivity contribution in [2.24, 2.45) is 0 Å². The number of nitrogens with one attached hydrogen (secondary N) is 1. The van der Waals surface area contributed by atoms with Crippen LogP contribution in [0.2, 0.25) is 5.02 Å². The van der Waals surface area contributed by atoms with Crippen LogP contribution in [0.1, 0.15) is 27.0 Å². The largest absolute Gasteiger partial charge is 0.324 e. The fourth-order valence-corrected chi connectivity index (χ4v) is 5.61. The maximum absolute atomic E-state index is 13.6. The van der Waals surface area contributed by atoms with Crippen LogP contribution in [-0.2, 0) is 21.4 Å². The number of amides is 1. The topological polar surface area (TPSA) is 83.6 Å². The molecule has 4 rings (SSSR count). The summed E-state index contributed by atoms with van der Waals surface area (Å²) in [4.78, 5) is 26.5. The SMILES string of the molecule is Cc1ccc(S(=O)(=O)N(CC(=O)Nc2ccc(Cl)cc2C(=O)c2ccccc2)Cc2ccc(Br)cc2)cc1. The van der Waals surface area contributed by atoms with Gasteiger partial charge in [0.15, 0.2) is 5.78 Å². The van der Waals surface area contributed by atoms with Gasteiger partial charge in [-0.2, -0.15) is 4.31 Å². The molecule has 0 unspecified atom stereocenters. The summed E-state index contributed by atoms with van der Waals surface area (Å²) in [6.45, 7) is 1.38. The summed E-state index contributed by atoms with van der Waals surface area (Å²) in [6.07, 6.45) is 0. The van der Waals surface area contributed by atoms with Crippen molar-refractivity contribution in [1.82, 2.24) is 4.31 Å². The molecule has 6 nitrogen and oxygen atoms in total. The number of nitrogens with zero attached hydrogens (tertiary/aromatic N) is 1. The lowest BCUT2D eigenvalue weighted by Gasteiger charge is -2.22. The molecule has 0 aliphatic heterocycles. The predicted molar refractivity (Wildman–Crippen MR) is 153 cm³/mol. The fraction of sp³-hybridized carbons (Fsp3) is 0.103. The van der Waals surface area contributed by atoms with Gasteiger partial charge in [-0.3, -0.25) is 9.59 Å². The molecule has 9 heteroatoms. The maximum atomic E-state index is 13.6. The highest BCUT2D eigenvalue weighted by Gasteiger charge is 2.27. The monoisotopic (exact) mass is 610 g/mol. The van der Waals surface area contributed by atoms with E-state index in [-0.39, 0.29) is 28.5 Å². The molecule has 1 N–H and O–H groups in total. The zero-order valence-corrected chi connectivity index (χ0v) is 23.6. The normalized spacial score (nSPS) is 11.4. The third kappa shape index (κ3) is 6.76. The summed E-state index contributed by atoms with van der Waals surface area (Å²) in [5.41, 5.74) is 2.51. The number of anilines is 1. The smallest absolute Gasteiger partial charge is 0.243 e. The number of aryl methyl sites for hydroxylation is 1. The molecule has 194 valence electrons. The van der Waals surface area contributed by atoms with Gasteiger partial charge in [-0.25, -0.2) is 8.42 Å². The molecule has 0 aliphatic rings. The van der Waals surface area contributed by atoms with Crippen LogP contribution in [0.4, 0.5) is 5.69 Å². The van der Waals surface area contributed by atoms with Crippen molar-refractivity contribution < 1.29 is 18.0 Å². The molecule has 0 aliphatic carbocycles. The van der Waals surface area contributed by atoms with Crippen LogP contribution in [0.3, 0.4) is 0 Å². The van der Waals surface area contributed by atoms with E-state index < -0.39 is 22.5 Å². The number of carbonyl (C=O) groups excluding carboxylic acids is 2. The second kappa shape index (κ2) is 12.0. The lowest BCUT2D eigenvalue weighted by Crippen LogP contribution is -2.37. The van der Waals surface area contributed by atoms with Crippen LogP contribution in [-0.4, -0.2) is 31.0 Å². The van der Waals surface area contributed by atoms with Crippen molar-refractivity contribution in [2.75, 3.05) is 11.9 Å². The molecular weight excluding hydrogens is 588 g/mol. The number of hydrogen-bond acceptors (Lipinski definition) is 4. The van der Waals surface area contributed by atoms with Gasteiger partial charge in [0.25, 0.3) is 0 Å². The number of rotatable bonds is 9. The van der Waals surface area contributed by atoms with Crippen LogP contribution < -0.4 is 5.32 Å². The first-order valence-corrected chi connectivity index (χ1v) is 14.2. The highest BCUT2D eigenvalue weighted by molar-refractivity contribution is 9.10. The zero-order valence-electron chi connectivity index (χ0n) is 20.4. The minimum absolute atomic E-state index is 0.0205. The minimum atomic E-state index is -4.02. The Hall–Kier alpha value is -3.30. The van der Waals surface area contributed by atoms with Gasteiger partial charge in [0.2, 0.25) is 15.9 Å². The third-order valence-electron chi connectivity index (χ3n) is 5.79. The fourth-order valence-electron chi connectivity index (χ4n) is 3.79. The van der Waals surface area contributed by atoms with Crippen molar-refractivity contribution in [3.8, 4) is 0 Å². The van der Waals surface area contributed by atoms with E-state index in [9.17, 15) is 18.0 Å². The van der Waals surface area contributed by atoms with Crippen LogP contribution in [0.25, 0.3) is 0 Å². The van der Waals surface area contributed by atoms with Crippen molar-refractivity contribution in [3.63, 3.8) is 0 Å². The van der Waals surface area contributed by atoms with E-state index in [1.807, 2.05) is 6.92 Å². The van der Waals surface area contributed by atoms with Crippen molar-refractivity contribution in [3.05, 3.63) is 129 Å². The van der Waals surface area contributed by atoms with E-state index in [2.05, 4.69) is 21.2 Å². The average Bonchev–Trinajstić information content (AvgIpc) is 2.91. The van der Waals surface area contributed by atoms with E-state index >= 15 is 0 Å². The molecule has 4 aromatic rings. The standard InChI is InChI=1S/C29H24BrClN2O4S/c1-20-7-14-25(15-8-20)38(36,37)33(18-21-9-11-23(30)12-10-21)19-28(34)32-27-16-13-24(31)17-26(27)29(35)22-5-3-2-4-6-22/h2-17H,18-19H2,1H3,(H,32,34). The molecule has 0 fully saturated rings. The molecule has 0 aromatic heterocycles. The minimum Gasteiger partial charge on any atom is -0.324 e. The van der Waals surface area contributed by atoms with Crippen molar-refractivity contribution >= 4 is 54.9 Å². The Morgan fingerprint density at radius 1 is 0.895 bits per heavy atom. The first kappa shape index (κ1) is 27.7. The van der Waals surface area contributed by atoms with Crippen molar-refractivity contribution in [2.45, 2.75) is 18.4 Å². The van der Waals surface area contributed by atoms with Gasteiger partial charge in [0.05, 0.1) is 17.1 Å². The second-order valence-electron chi connectivity index (χ2n) is 8.65. The number of hydrogen-bond donors (Lipinski definition) is 1. The van der Waals surface area contributed by atoms with Crippen LogP contribution in [0, 0.1) is 6.92 Å². The highest BCUT2D eigenvalue weighted by atomic mass is 79.9. The molecular formula is C29H24BrClN2O4S.